The molecule has 0 aliphatic rings. The Kier molecular flexibility index (Phi) is 9.20. The van der Waals surface area contributed by atoms with Crippen LogP contribution in [0.3, 0.4) is 0 Å². The summed E-state index contributed by atoms with van der Waals surface area (Å²) >= 11 is 1.13. The van der Waals surface area contributed by atoms with Gasteiger partial charge < -0.3 is 14.8 Å². The van der Waals surface area contributed by atoms with Gasteiger partial charge in [-0.2, -0.15) is 0 Å². The van der Waals surface area contributed by atoms with Crippen molar-refractivity contribution in [1.82, 2.24) is 19.9 Å². The van der Waals surface area contributed by atoms with E-state index in [0.29, 0.717) is 33.7 Å². The van der Waals surface area contributed by atoms with Crippen LogP contribution in [-0.2, 0) is 19.6 Å². The van der Waals surface area contributed by atoms with Gasteiger partial charge >= 0.3 is 0 Å². The lowest BCUT2D eigenvalue weighted by Gasteiger charge is -2.13. The van der Waals surface area contributed by atoms with Gasteiger partial charge in [-0.3, -0.25) is 9.59 Å². The Morgan fingerprint density at radius 3 is 1.85 bits per heavy atom. The fourth-order valence-electron chi connectivity index (χ4n) is 3.68. The van der Waals surface area contributed by atoms with E-state index in [-0.39, 0.29) is 10.8 Å². The summed E-state index contributed by atoms with van der Waals surface area (Å²) in [6.45, 7) is 2.81. The van der Waals surface area contributed by atoms with Crippen LogP contribution in [0, 0.1) is 0 Å². The van der Waals surface area contributed by atoms with Gasteiger partial charge in [0.2, 0.25) is 17.0 Å². The second kappa shape index (κ2) is 12.8. The van der Waals surface area contributed by atoms with E-state index >= 15 is 0 Å². The number of sulfonamides is 1. The lowest BCUT2D eigenvalue weighted by molar-refractivity contribution is -0.117. The molecule has 11 nitrogen and oxygen atoms in total. The summed E-state index contributed by atoms with van der Waals surface area (Å²) in [5, 5.41) is 11.2. The number of anilines is 1. The maximum absolute atomic E-state index is 12.9. The van der Waals surface area contributed by atoms with Crippen LogP contribution >= 0.6 is 11.8 Å². The Hall–Kier alpha value is -4.49. The smallest absolute Gasteiger partial charge is 0.264 e. The predicted octanol–water partition coefficient (Wildman–Crippen LogP) is 4.17. The topological polar surface area (TPSA) is 149 Å². The van der Waals surface area contributed by atoms with E-state index in [0.717, 1.165) is 29.8 Å². The Balaban J connectivity index is 1.54. The molecule has 41 heavy (non-hydrogen) atoms. The van der Waals surface area contributed by atoms with Gasteiger partial charge in [0.05, 0.1) is 24.4 Å². The number of ether oxygens (including phenoxy) is 2. The molecule has 0 bridgehead atoms. The molecule has 4 aromatic rings. The summed E-state index contributed by atoms with van der Waals surface area (Å²) in [4.78, 5) is 28.7. The van der Waals surface area contributed by atoms with Crippen LogP contribution in [0.25, 0.3) is 22.5 Å². The van der Waals surface area contributed by atoms with Crippen LogP contribution in [-0.4, -0.2) is 54.9 Å². The number of thioether (sulfide) groups is 1. The number of nitrogens with one attached hydrogen (secondary N) is 2. The zero-order chi connectivity index (χ0) is 29.6. The van der Waals surface area contributed by atoms with E-state index in [1.54, 1.807) is 21.1 Å². The molecule has 1 heterocycles. The lowest BCUT2D eigenvalue weighted by Crippen LogP contribution is -2.28. The van der Waals surface area contributed by atoms with Gasteiger partial charge in [-0.1, -0.05) is 11.8 Å². The molecule has 2 N–H and O–H groups in total. The summed E-state index contributed by atoms with van der Waals surface area (Å²) < 4.78 is 36.7. The molecule has 1 unspecified atom stereocenters. The van der Waals surface area contributed by atoms with Crippen LogP contribution in [0.15, 0.2) is 82.8 Å². The van der Waals surface area contributed by atoms with Crippen molar-refractivity contribution in [1.29, 1.82) is 0 Å². The number of aromatic nitrogens is 3. The molecule has 1 atom stereocenters. The van der Waals surface area contributed by atoms with Gasteiger partial charge in [-0.25, -0.2) is 18.1 Å². The van der Waals surface area contributed by atoms with E-state index in [1.807, 2.05) is 53.3 Å². The lowest BCUT2D eigenvalue weighted by atomic mass is 10.0. The normalized spacial score (nSPS) is 11.8. The highest BCUT2D eigenvalue weighted by molar-refractivity contribution is 8.00. The van der Waals surface area contributed by atoms with E-state index in [2.05, 4.69) is 15.5 Å². The number of nitrogens with zero attached hydrogens (tertiary/aromatic N) is 3. The first-order chi connectivity index (χ1) is 19.6. The summed E-state index contributed by atoms with van der Waals surface area (Å²) in [7, 11) is -0.789. The average molecular weight is 594 g/mol. The van der Waals surface area contributed by atoms with Crippen LogP contribution in [0.1, 0.15) is 13.8 Å². The number of benzene rings is 3. The van der Waals surface area contributed by atoms with Crippen LogP contribution in [0.5, 0.6) is 11.5 Å². The maximum atomic E-state index is 12.9. The predicted molar refractivity (Wildman–Crippen MR) is 155 cm³/mol. The molecular weight excluding hydrogens is 566 g/mol. The van der Waals surface area contributed by atoms with Gasteiger partial charge in [-0.15, -0.1) is 10.2 Å². The maximum Gasteiger partial charge on any atom is 0.264 e. The molecule has 0 fully saturated rings. The number of carbonyl (C=O) groups is 2. The number of amides is 2. The second-order valence-electron chi connectivity index (χ2n) is 8.68. The second-order valence-corrected chi connectivity index (χ2v) is 11.7. The Morgan fingerprint density at radius 2 is 1.34 bits per heavy atom. The van der Waals surface area contributed by atoms with Crippen molar-refractivity contribution in [3.63, 3.8) is 0 Å². The molecule has 0 spiro atoms. The summed E-state index contributed by atoms with van der Waals surface area (Å²) in [6.07, 6.45) is 0. The molecule has 2 amide bonds. The van der Waals surface area contributed by atoms with Gasteiger partial charge in [-0.05, 0) is 79.7 Å². The molecule has 0 aliphatic heterocycles. The van der Waals surface area contributed by atoms with Crippen molar-refractivity contribution < 1.29 is 27.5 Å². The van der Waals surface area contributed by atoms with Crippen LogP contribution in [0.4, 0.5) is 5.69 Å². The number of methoxy groups -OCH3 is 2. The summed E-state index contributed by atoms with van der Waals surface area (Å²) in [5.74, 6) is 0.359. The van der Waals surface area contributed by atoms with Crippen molar-refractivity contribution in [3.05, 3.63) is 72.8 Å². The van der Waals surface area contributed by atoms with Crippen molar-refractivity contribution in [3.8, 4) is 34.0 Å². The van der Waals surface area contributed by atoms with E-state index in [9.17, 15) is 18.0 Å². The SMILES string of the molecule is COc1ccc(-c2nnc(SC(C)C(=O)Nc3ccc(S(=O)(=O)NC(C)=O)cc3)nc2-c2ccc(OC)cc2)cc1. The first kappa shape index (κ1) is 29.5. The highest BCUT2D eigenvalue weighted by Crippen LogP contribution is 2.32. The highest BCUT2D eigenvalue weighted by Gasteiger charge is 2.21. The van der Waals surface area contributed by atoms with Crippen molar-refractivity contribution >= 4 is 39.3 Å². The molecule has 0 saturated heterocycles. The Labute approximate surface area is 241 Å². The first-order valence-corrected chi connectivity index (χ1v) is 14.6. The van der Waals surface area contributed by atoms with Crippen LogP contribution in [0.2, 0.25) is 0 Å². The molecule has 4 rings (SSSR count). The third-order valence-electron chi connectivity index (χ3n) is 5.76. The Bertz CT molecular complexity index is 1650. The van der Waals surface area contributed by atoms with E-state index < -0.39 is 21.2 Å². The van der Waals surface area contributed by atoms with Gasteiger partial charge in [0.15, 0.2) is 0 Å². The van der Waals surface area contributed by atoms with Crippen molar-refractivity contribution in [2.24, 2.45) is 0 Å². The molecule has 1 aromatic heterocycles. The largest absolute Gasteiger partial charge is 0.497 e. The summed E-state index contributed by atoms with van der Waals surface area (Å²) in [5.41, 5.74) is 3.12. The third kappa shape index (κ3) is 7.38. The van der Waals surface area contributed by atoms with Gasteiger partial charge in [0.1, 0.15) is 22.9 Å². The minimum Gasteiger partial charge on any atom is -0.497 e. The standard InChI is InChI=1S/C28H27N5O6S2/c1-17(27(35)29-21-9-15-24(16-10-21)41(36,37)33-18(2)34)40-28-30-25(19-5-11-22(38-3)12-6-19)26(31-32-28)20-7-13-23(39-4)14-8-20/h5-17H,1-4H3,(H,29,35)(H,33,34). The minimum absolute atomic E-state index is 0.101. The van der Waals surface area contributed by atoms with Crippen LogP contribution < -0.4 is 19.5 Å². The Morgan fingerprint density at radius 1 is 0.805 bits per heavy atom. The quantitative estimate of drug-likeness (QED) is 0.257. The summed E-state index contributed by atoms with van der Waals surface area (Å²) in [6, 6.07) is 20.2. The zero-order valence-electron chi connectivity index (χ0n) is 22.6. The number of hydrogen-bond acceptors (Lipinski definition) is 10. The minimum atomic E-state index is -3.97. The van der Waals surface area contributed by atoms with E-state index in [4.69, 9.17) is 14.5 Å². The molecule has 0 saturated carbocycles. The third-order valence-corrected chi connectivity index (χ3v) is 8.16. The van der Waals surface area contributed by atoms with Gasteiger partial charge in [0, 0.05) is 23.7 Å². The van der Waals surface area contributed by atoms with Crippen molar-refractivity contribution in [2.45, 2.75) is 29.1 Å². The fourth-order valence-corrected chi connectivity index (χ4v) is 5.38. The number of rotatable bonds is 10. The van der Waals surface area contributed by atoms with Crippen molar-refractivity contribution in [2.75, 3.05) is 19.5 Å². The molecule has 13 heteroatoms. The average Bonchev–Trinajstić information content (AvgIpc) is 2.97. The zero-order valence-corrected chi connectivity index (χ0v) is 24.2. The molecule has 0 aliphatic carbocycles. The molecule has 212 valence electrons. The first-order valence-electron chi connectivity index (χ1n) is 12.2. The molecule has 0 radical (unpaired) electrons. The molecule has 3 aromatic carbocycles. The molecular formula is C28H27N5O6S2. The highest BCUT2D eigenvalue weighted by atomic mass is 32.2. The fraction of sp³-hybridized carbons (Fsp3) is 0.179. The van der Waals surface area contributed by atoms with E-state index in [1.165, 1.54) is 24.3 Å². The monoisotopic (exact) mass is 593 g/mol. The number of carbonyl (C=O) groups excluding carboxylic acids is 2. The van der Waals surface area contributed by atoms with Gasteiger partial charge in [0.25, 0.3) is 10.0 Å². The number of hydrogen-bond donors (Lipinski definition) is 2.